The number of anilines is 1. The summed E-state index contributed by atoms with van der Waals surface area (Å²) in [5, 5.41) is 12.8. The Morgan fingerprint density at radius 2 is 1.95 bits per heavy atom. The van der Waals surface area contributed by atoms with E-state index in [9.17, 15) is 4.79 Å². The maximum absolute atomic E-state index is 11.1. The summed E-state index contributed by atoms with van der Waals surface area (Å²) in [5.74, 6) is -0.842. The summed E-state index contributed by atoms with van der Waals surface area (Å²) in [6, 6.07) is 10.1. The van der Waals surface area contributed by atoms with Crippen LogP contribution in [0.15, 0.2) is 36.4 Å². The number of carboxylic acid groups (broad SMARTS) is 1. The van der Waals surface area contributed by atoms with E-state index in [0.717, 1.165) is 5.56 Å². The summed E-state index contributed by atoms with van der Waals surface area (Å²) in [4.78, 5) is 15.0. The molecular weight excluding hydrogens is 287 g/mol. The molecule has 4 nitrogen and oxygen atoms in total. The first kappa shape index (κ1) is 13.6. The average molecular weight is 297 g/mol. The lowest BCUT2D eigenvalue weighted by Gasteiger charge is -2.10. The third-order valence-electron chi connectivity index (χ3n) is 2.50. The highest BCUT2D eigenvalue weighted by Gasteiger charge is 2.12. The highest BCUT2D eigenvalue weighted by atomic mass is 35.5. The highest BCUT2D eigenvalue weighted by molar-refractivity contribution is 6.31. The van der Waals surface area contributed by atoms with Gasteiger partial charge in [0.05, 0.1) is 0 Å². The van der Waals surface area contributed by atoms with E-state index >= 15 is 0 Å². The van der Waals surface area contributed by atoms with Gasteiger partial charge in [0.25, 0.3) is 0 Å². The van der Waals surface area contributed by atoms with Crippen LogP contribution in [0.2, 0.25) is 10.2 Å². The molecule has 1 aromatic heterocycles. The molecule has 0 radical (unpaired) electrons. The minimum absolute atomic E-state index is 0.0662. The number of nitrogens with zero attached hydrogens (tertiary/aromatic N) is 1. The number of hydrogen-bond donors (Lipinski definition) is 2. The zero-order chi connectivity index (χ0) is 13.8. The van der Waals surface area contributed by atoms with Gasteiger partial charge in [0, 0.05) is 11.6 Å². The number of rotatable bonds is 4. The van der Waals surface area contributed by atoms with Crippen molar-refractivity contribution in [3.05, 3.63) is 57.7 Å². The Bertz CT molecular complexity index is 617. The number of aromatic carboxylic acids is 1. The van der Waals surface area contributed by atoms with Crippen molar-refractivity contribution in [1.82, 2.24) is 4.98 Å². The standard InChI is InChI=1S/C13H10Cl2N2O2/c14-10-4-2-1-3-8(10)7-16-12-9(13(18)19)5-6-11(15)17-12/h1-6H,7H2,(H,16,17)(H,18,19). The molecule has 0 saturated heterocycles. The Kier molecular flexibility index (Phi) is 4.24. The molecule has 0 aliphatic rings. The van der Waals surface area contributed by atoms with Crippen molar-refractivity contribution in [2.45, 2.75) is 6.54 Å². The minimum Gasteiger partial charge on any atom is -0.478 e. The van der Waals surface area contributed by atoms with Gasteiger partial charge < -0.3 is 10.4 Å². The summed E-state index contributed by atoms with van der Waals surface area (Å²) in [5.41, 5.74) is 0.915. The Morgan fingerprint density at radius 1 is 1.21 bits per heavy atom. The van der Waals surface area contributed by atoms with Gasteiger partial charge in [-0.3, -0.25) is 0 Å². The quantitative estimate of drug-likeness (QED) is 0.845. The van der Waals surface area contributed by atoms with Crippen LogP contribution >= 0.6 is 23.2 Å². The number of hydrogen-bond acceptors (Lipinski definition) is 3. The van der Waals surface area contributed by atoms with Crippen molar-refractivity contribution in [2.75, 3.05) is 5.32 Å². The molecule has 2 aromatic rings. The highest BCUT2D eigenvalue weighted by Crippen LogP contribution is 2.20. The monoisotopic (exact) mass is 296 g/mol. The van der Waals surface area contributed by atoms with Crippen molar-refractivity contribution in [2.24, 2.45) is 0 Å². The smallest absolute Gasteiger partial charge is 0.339 e. The molecule has 6 heteroatoms. The first-order chi connectivity index (χ1) is 9.08. The number of aromatic nitrogens is 1. The van der Waals surface area contributed by atoms with Crippen LogP contribution in [0.4, 0.5) is 5.82 Å². The van der Waals surface area contributed by atoms with E-state index in [2.05, 4.69) is 10.3 Å². The number of pyridine rings is 1. The largest absolute Gasteiger partial charge is 0.478 e. The molecule has 98 valence electrons. The van der Waals surface area contributed by atoms with Gasteiger partial charge in [-0.25, -0.2) is 9.78 Å². The van der Waals surface area contributed by atoms with E-state index in [1.54, 1.807) is 6.07 Å². The van der Waals surface area contributed by atoms with Gasteiger partial charge in [-0.2, -0.15) is 0 Å². The number of halogens is 2. The topological polar surface area (TPSA) is 62.2 Å². The number of benzene rings is 1. The fourth-order valence-corrected chi connectivity index (χ4v) is 1.91. The van der Waals surface area contributed by atoms with Gasteiger partial charge in [-0.05, 0) is 23.8 Å². The zero-order valence-corrected chi connectivity index (χ0v) is 11.2. The van der Waals surface area contributed by atoms with Gasteiger partial charge in [0.1, 0.15) is 16.5 Å². The van der Waals surface area contributed by atoms with E-state index in [-0.39, 0.29) is 16.5 Å². The lowest BCUT2D eigenvalue weighted by Crippen LogP contribution is -2.08. The van der Waals surface area contributed by atoms with Crippen molar-refractivity contribution < 1.29 is 9.90 Å². The predicted molar refractivity (Wildman–Crippen MR) is 75.0 cm³/mol. The SMILES string of the molecule is O=C(O)c1ccc(Cl)nc1NCc1ccccc1Cl. The minimum atomic E-state index is -1.06. The number of nitrogens with one attached hydrogen (secondary N) is 1. The van der Waals surface area contributed by atoms with E-state index < -0.39 is 5.97 Å². The van der Waals surface area contributed by atoms with Crippen LogP contribution in [-0.2, 0) is 6.54 Å². The molecule has 0 fully saturated rings. The lowest BCUT2D eigenvalue weighted by atomic mass is 10.2. The summed E-state index contributed by atoms with van der Waals surface area (Å²) in [6.07, 6.45) is 0. The molecule has 0 unspecified atom stereocenters. The van der Waals surface area contributed by atoms with E-state index in [4.69, 9.17) is 28.3 Å². The fourth-order valence-electron chi connectivity index (χ4n) is 1.56. The summed E-state index contributed by atoms with van der Waals surface area (Å²) in [7, 11) is 0. The van der Waals surface area contributed by atoms with Crippen LogP contribution in [0.5, 0.6) is 0 Å². The molecule has 1 aromatic carbocycles. The first-order valence-corrected chi connectivity index (χ1v) is 6.20. The van der Waals surface area contributed by atoms with Crippen molar-refractivity contribution in [3.63, 3.8) is 0 Å². The van der Waals surface area contributed by atoms with E-state index in [1.165, 1.54) is 12.1 Å². The van der Waals surface area contributed by atoms with Crippen molar-refractivity contribution >= 4 is 35.0 Å². The van der Waals surface area contributed by atoms with E-state index in [1.807, 2.05) is 18.2 Å². The maximum Gasteiger partial charge on any atom is 0.339 e. The zero-order valence-electron chi connectivity index (χ0n) is 9.73. The molecule has 0 saturated carbocycles. The molecule has 19 heavy (non-hydrogen) atoms. The summed E-state index contributed by atoms with van der Waals surface area (Å²) in [6.45, 7) is 0.368. The van der Waals surface area contributed by atoms with Gasteiger partial charge in [0.15, 0.2) is 0 Å². The third kappa shape index (κ3) is 3.36. The normalized spacial score (nSPS) is 10.2. The second-order valence-electron chi connectivity index (χ2n) is 3.78. The molecule has 1 heterocycles. The number of carbonyl (C=O) groups is 1. The van der Waals surface area contributed by atoms with Crippen LogP contribution in [-0.4, -0.2) is 16.1 Å². The van der Waals surface area contributed by atoms with Gasteiger partial charge >= 0.3 is 5.97 Å². The fraction of sp³-hybridized carbons (Fsp3) is 0.0769. The predicted octanol–water partition coefficient (Wildman–Crippen LogP) is 3.70. The molecule has 0 atom stereocenters. The Labute approximate surface area is 120 Å². The number of carboxylic acids is 1. The van der Waals surface area contributed by atoms with Crippen molar-refractivity contribution in [3.8, 4) is 0 Å². The molecular formula is C13H10Cl2N2O2. The van der Waals surface area contributed by atoms with Crippen LogP contribution in [0.25, 0.3) is 0 Å². The summed E-state index contributed by atoms with van der Waals surface area (Å²) >= 11 is 11.8. The Morgan fingerprint density at radius 3 is 2.63 bits per heavy atom. The molecule has 0 amide bonds. The second kappa shape index (κ2) is 5.91. The molecule has 0 aliphatic carbocycles. The Balaban J connectivity index is 2.22. The lowest BCUT2D eigenvalue weighted by molar-refractivity contribution is 0.0697. The third-order valence-corrected chi connectivity index (χ3v) is 3.08. The van der Waals surface area contributed by atoms with E-state index in [0.29, 0.717) is 11.6 Å². The summed E-state index contributed by atoms with van der Waals surface area (Å²) < 4.78 is 0. The van der Waals surface area contributed by atoms with Crippen LogP contribution in [0.1, 0.15) is 15.9 Å². The molecule has 0 bridgehead atoms. The van der Waals surface area contributed by atoms with Gasteiger partial charge in [0.2, 0.25) is 0 Å². The Hall–Kier alpha value is -1.78. The second-order valence-corrected chi connectivity index (χ2v) is 4.57. The van der Waals surface area contributed by atoms with Crippen LogP contribution in [0, 0.1) is 0 Å². The molecule has 2 N–H and O–H groups in total. The molecule has 0 aliphatic heterocycles. The van der Waals surface area contributed by atoms with Crippen molar-refractivity contribution in [1.29, 1.82) is 0 Å². The van der Waals surface area contributed by atoms with Gasteiger partial charge in [-0.15, -0.1) is 0 Å². The first-order valence-electron chi connectivity index (χ1n) is 5.45. The molecule has 2 rings (SSSR count). The van der Waals surface area contributed by atoms with Crippen LogP contribution < -0.4 is 5.32 Å². The van der Waals surface area contributed by atoms with Crippen LogP contribution in [0.3, 0.4) is 0 Å². The average Bonchev–Trinajstić information content (AvgIpc) is 2.37. The van der Waals surface area contributed by atoms with Gasteiger partial charge in [-0.1, -0.05) is 41.4 Å². The maximum atomic E-state index is 11.1. The molecule has 0 spiro atoms.